The van der Waals surface area contributed by atoms with E-state index in [1.807, 2.05) is 31.2 Å². The van der Waals surface area contributed by atoms with Gasteiger partial charge in [-0.25, -0.2) is 4.68 Å². The summed E-state index contributed by atoms with van der Waals surface area (Å²) in [6.07, 6.45) is 0. The van der Waals surface area contributed by atoms with Gasteiger partial charge in [-0.05, 0) is 59.8 Å². The lowest BCUT2D eigenvalue weighted by Crippen LogP contribution is -2.36. The maximum Gasteiger partial charge on any atom is 0.255 e. The van der Waals surface area contributed by atoms with Crippen LogP contribution in [-0.4, -0.2) is 52.4 Å². The summed E-state index contributed by atoms with van der Waals surface area (Å²) in [5.41, 5.74) is 2.38. The minimum atomic E-state index is -0.196. The SMILES string of the molecule is CCn1nnnc1COc1cccc(C(=O)Nc2ccc(N3CCOCC3)cc2)c1. The molecule has 1 saturated heterocycles. The molecule has 2 aromatic carbocycles. The second-order valence-corrected chi connectivity index (χ2v) is 6.83. The fourth-order valence-electron chi connectivity index (χ4n) is 3.23. The van der Waals surface area contributed by atoms with Crippen LogP contribution in [0.5, 0.6) is 5.75 Å². The van der Waals surface area contributed by atoms with E-state index in [0.717, 1.165) is 37.7 Å². The molecule has 0 saturated carbocycles. The Hall–Kier alpha value is -3.46. The molecule has 4 rings (SSSR count). The van der Waals surface area contributed by atoms with Gasteiger partial charge in [-0.2, -0.15) is 0 Å². The predicted octanol–water partition coefficient (Wildman–Crippen LogP) is 2.36. The smallest absolute Gasteiger partial charge is 0.255 e. The van der Waals surface area contributed by atoms with Gasteiger partial charge in [0, 0.05) is 36.6 Å². The van der Waals surface area contributed by atoms with Crippen LogP contribution < -0.4 is 15.0 Å². The number of anilines is 2. The zero-order valence-corrected chi connectivity index (χ0v) is 16.8. The topological polar surface area (TPSA) is 94.4 Å². The molecule has 1 fully saturated rings. The van der Waals surface area contributed by atoms with Gasteiger partial charge in [0.15, 0.2) is 5.82 Å². The van der Waals surface area contributed by atoms with E-state index in [-0.39, 0.29) is 12.5 Å². The molecule has 9 nitrogen and oxygen atoms in total. The molecule has 156 valence electrons. The van der Waals surface area contributed by atoms with E-state index < -0.39 is 0 Å². The summed E-state index contributed by atoms with van der Waals surface area (Å²) in [6, 6.07) is 14.9. The van der Waals surface area contributed by atoms with Gasteiger partial charge in [-0.15, -0.1) is 5.10 Å². The van der Waals surface area contributed by atoms with Gasteiger partial charge in [0.1, 0.15) is 12.4 Å². The Kier molecular flexibility index (Phi) is 6.19. The number of ether oxygens (including phenoxy) is 2. The Bertz CT molecular complexity index is 982. The number of benzene rings is 2. The van der Waals surface area contributed by atoms with E-state index in [9.17, 15) is 4.79 Å². The normalized spacial score (nSPS) is 13.8. The molecule has 0 radical (unpaired) electrons. The first-order valence-corrected chi connectivity index (χ1v) is 9.95. The summed E-state index contributed by atoms with van der Waals surface area (Å²) < 4.78 is 12.8. The molecule has 1 aliphatic heterocycles. The predicted molar refractivity (Wildman–Crippen MR) is 112 cm³/mol. The average Bonchev–Trinajstić information content (AvgIpc) is 3.27. The molecule has 1 N–H and O–H groups in total. The number of morpholine rings is 1. The second kappa shape index (κ2) is 9.36. The van der Waals surface area contributed by atoms with Crippen molar-refractivity contribution in [3.05, 3.63) is 59.9 Å². The van der Waals surface area contributed by atoms with Crippen molar-refractivity contribution >= 4 is 17.3 Å². The summed E-state index contributed by atoms with van der Waals surface area (Å²) in [5.74, 6) is 1.02. The van der Waals surface area contributed by atoms with Crippen molar-refractivity contribution in [1.29, 1.82) is 0 Å². The number of nitrogens with one attached hydrogen (secondary N) is 1. The summed E-state index contributed by atoms with van der Waals surface area (Å²) in [4.78, 5) is 14.9. The molecule has 30 heavy (non-hydrogen) atoms. The van der Waals surface area contributed by atoms with E-state index in [4.69, 9.17) is 9.47 Å². The van der Waals surface area contributed by atoms with Crippen LogP contribution in [0.1, 0.15) is 23.1 Å². The van der Waals surface area contributed by atoms with Crippen LogP contribution in [0.4, 0.5) is 11.4 Å². The summed E-state index contributed by atoms with van der Waals surface area (Å²) >= 11 is 0. The second-order valence-electron chi connectivity index (χ2n) is 6.83. The Morgan fingerprint density at radius 1 is 1.17 bits per heavy atom. The lowest BCUT2D eigenvalue weighted by molar-refractivity contribution is 0.102. The Morgan fingerprint density at radius 2 is 1.97 bits per heavy atom. The third-order valence-corrected chi connectivity index (χ3v) is 4.87. The number of aromatic nitrogens is 4. The quantitative estimate of drug-likeness (QED) is 0.641. The number of carbonyl (C=O) groups excluding carboxylic acids is 1. The number of aryl methyl sites for hydroxylation is 1. The van der Waals surface area contributed by atoms with Crippen LogP contribution in [0.3, 0.4) is 0 Å². The van der Waals surface area contributed by atoms with Gasteiger partial charge < -0.3 is 19.7 Å². The zero-order valence-electron chi connectivity index (χ0n) is 16.8. The minimum absolute atomic E-state index is 0.196. The molecular weight excluding hydrogens is 384 g/mol. The van der Waals surface area contributed by atoms with Gasteiger partial charge in [0.25, 0.3) is 5.91 Å². The third kappa shape index (κ3) is 4.74. The highest BCUT2D eigenvalue weighted by molar-refractivity contribution is 6.04. The van der Waals surface area contributed by atoms with Gasteiger partial charge in [-0.3, -0.25) is 4.79 Å². The van der Waals surface area contributed by atoms with Crippen molar-refractivity contribution < 1.29 is 14.3 Å². The molecule has 0 bridgehead atoms. The zero-order chi connectivity index (χ0) is 20.8. The van der Waals surface area contributed by atoms with Gasteiger partial charge in [-0.1, -0.05) is 6.07 Å². The van der Waals surface area contributed by atoms with Crippen molar-refractivity contribution in [2.75, 3.05) is 36.5 Å². The molecule has 0 atom stereocenters. The Morgan fingerprint density at radius 3 is 2.73 bits per heavy atom. The molecule has 9 heteroatoms. The van der Waals surface area contributed by atoms with E-state index in [1.165, 1.54) is 0 Å². The third-order valence-electron chi connectivity index (χ3n) is 4.87. The van der Waals surface area contributed by atoms with Crippen LogP contribution in [0.2, 0.25) is 0 Å². The van der Waals surface area contributed by atoms with Crippen molar-refractivity contribution in [3.63, 3.8) is 0 Å². The molecule has 3 aromatic rings. The lowest BCUT2D eigenvalue weighted by Gasteiger charge is -2.28. The van der Waals surface area contributed by atoms with Crippen LogP contribution in [-0.2, 0) is 17.9 Å². The molecule has 0 spiro atoms. The molecule has 1 aliphatic rings. The lowest BCUT2D eigenvalue weighted by atomic mass is 10.2. The maximum absolute atomic E-state index is 12.7. The summed E-state index contributed by atoms with van der Waals surface area (Å²) in [5, 5.41) is 14.4. The fourth-order valence-corrected chi connectivity index (χ4v) is 3.23. The number of amides is 1. The average molecular weight is 408 g/mol. The van der Waals surface area contributed by atoms with E-state index in [1.54, 1.807) is 28.9 Å². The maximum atomic E-state index is 12.7. The van der Waals surface area contributed by atoms with Gasteiger partial charge in [0.2, 0.25) is 0 Å². The minimum Gasteiger partial charge on any atom is -0.486 e. The number of rotatable bonds is 7. The molecule has 1 amide bonds. The highest BCUT2D eigenvalue weighted by Crippen LogP contribution is 2.20. The van der Waals surface area contributed by atoms with E-state index >= 15 is 0 Å². The van der Waals surface area contributed by atoms with Crippen LogP contribution in [0, 0.1) is 0 Å². The van der Waals surface area contributed by atoms with Crippen LogP contribution >= 0.6 is 0 Å². The van der Waals surface area contributed by atoms with Crippen LogP contribution in [0.25, 0.3) is 0 Å². The van der Waals surface area contributed by atoms with Gasteiger partial charge >= 0.3 is 0 Å². The Balaban J connectivity index is 1.37. The summed E-state index contributed by atoms with van der Waals surface area (Å²) in [6.45, 7) is 6.09. The molecule has 0 aliphatic carbocycles. The number of nitrogens with zero attached hydrogens (tertiary/aromatic N) is 5. The fraction of sp³-hybridized carbons (Fsp3) is 0.333. The number of tetrazole rings is 1. The molecule has 0 unspecified atom stereocenters. The number of hydrogen-bond acceptors (Lipinski definition) is 7. The van der Waals surface area contributed by atoms with Crippen LogP contribution in [0.15, 0.2) is 48.5 Å². The largest absolute Gasteiger partial charge is 0.486 e. The van der Waals surface area contributed by atoms with Crippen molar-refractivity contribution in [1.82, 2.24) is 20.2 Å². The first-order valence-electron chi connectivity index (χ1n) is 9.95. The molecule has 1 aromatic heterocycles. The monoisotopic (exact) mass is 408 g/mol. The number of hydrogen-bond donors (Lipinski definition) is 1. The first kappa shape index (κ1) is 19.8. The van der Waals surface area contributed by atoms with Crippen molar-refractivity contribution in [2.24, 2.45) is 0 Å². The van der Waals surface area contributed by atoms with Gasteiger partial charge in [0.05, 0.1) is 13.2 Å². The number of carbonyl (C=O) groups is 1. The first-order chi connectivity index (χ1) is 14.7. The highest BCUT2D eigenvalue weighted by Gasteiger charge is 2.12. The van der Waals surface area contributed by atoms with Crippen molar-refractivity contribution in [2.45, 2.75) is 20.1 Å². The molecule has 2 heterocycles. The van der Waals surface area contributed by atoms with E-state index in [2.05, 4.69) is 25.7 Å². The standard InChI is InChI=1S/C21H24N6O3/c1-2-27-20(23-24-25-27)15-30-19-5-3-4-16(14-19)21(28)22-17-6-8-18(9-7-17)26-10-12-29-13-11-26/h3-9,14H,2,10-13,15H2,1H3,(H,22,28). The Labute approximate surface area is 174 Å². The summed E-state index contributed by atoms with van der Waals surface area (Å²) in [7, 11) is 0. The highest BCUT2D eigenvalue weighted by atomic mass is 16.5. The van der Waals surface area contributed by atoms with Crippen molar-refractivity contribution in [3.8, 4) is 5.75 Å². The van der Waals surface area contributed by atoms with E-state index in [0.29, 0.717) is 23.7 Å². The molecular formula is C21H24N6O3.